The minimum Gasteiger partial charge on any atom is -0.319 e. The Morgan fingerprint density at radius 2 is 1.54 bits per heavy atom. The van der Waals surface area contributed by atoms with Gasteiger partial charge in [0.1, 0.15) is 5.82 Å². The second kappa shape index (κ2) is 6.80. The van der Waals surface area contributed by atoms with Crippen molar-refractivity contribution in [2.24, 2.45) is 0 Å². The Morgan fingerprint density at radius 1 is 0.846 bits per heavy atom. The van der Waals surface area contributed by atoms with Gasteiger partial charge < -0.3 is 4.57 Å². The van der Waals surface area contributed by atoms with Gasteiger partial charge in [-0.1, -0.05) is 74.5 Å². The van der Waals surface area contributed by atoms with Crippen LogP contribution in [-0.2, 0) is 6.54 Å². The van der Waals surface area contributed by atoms with Crippen LogP contribution in [0.4, 0.5) is 0 Å². The van der Waals surface area contributed by atoms with E-state index in [1.165, 1.54) is 27.8 Å². The zero-order valence-corrected chi connectivity index (χ0v) is 15.6. The van der Waals surface area contributed by atoms with E-state index in [4.69, 9.17) is 4.98 Å². The highest BCUT2D eigenvalue weighted by Gasteiger charge is 2.14. The van der Waals surface area contributed by atoms with E-state index in [0.29, 0.717) is 5.92 Å². The average molecular weight is 340 g/mol. The van der Waals surface area contributed by atoms with E-state index in [0.717, 1.165) is 17.9 Å². The smallest absolute Gasteiger partial charge is 0.141 e. The molecule has 3 aromatic carbocycles. The lowest BCUT2D eigenvalue weighted by Crippen LogP contribution is -2.03. The van der Waals surface area contributed by atoms with Crippen LogP contribution in [0.2, 0.25) is 0 Å². The molecule has 0 aliphatic heterocycles. The number of fused-ring (bicyclic) bond motifs is 1. The van der Waals surface area contributed by atoms with Crippen LogP contribution in [0, 0.1) is 6.92 Å². The molecular weight excluding hydrogens is 316 g/mol. The summed E-state index contributed by atoms with van der Waals surface area (Å²) in [6.45, 7) is 7.43. The molecule has 0 bridgehead atoms. The average Bonchev–Trinajstić information content (AvgIpc) is 3.01. The SMILES string of the molecule is Cc1ccccc1-c1nc2ccccc2n1Cc1ccc(C(C)C)cc1. The number of nitrogens with zero attached hydrogens (tertiary/aromatic N) is 2. The molecule has 130 valence electrons. The van der Waals surface area contributed by atoms with Crippen LogP contribution < -0.4 is 0 Å². The highest BCUT2D eigenvalue weighted by molar-refractivity contribution is 5.81. The molecule has 2 nitrogen and oxygen atoms in total. The van der Waals surface area contributed by atoms with Crippen LogP contribution in [0.5, 0.6) is 0 Å². The molecule has 1 heterocycles. The van der Waals surface area contributed by atoms with Crippen LogP contribution in [0.3, 0.4) is 0 Å². The summed E-state index contributed by atoms with van der Waals surface area (Å²) >= 11 is 0. The number of hydrogen-bond donors (Lipinski definition) is 0. The lowest BCUT2D eigenvalue weighted by Gasteiger charge is -2.12. The molecule has 0 spiro atoms. The van der Waals surface area contributed by atoms with Gasteiger partial charge in [0, 0.05) is 12.1 Å². The molecule has 0 saturated heterocycles. The molecule has 1 aromatic heterocycles. The number of benzene rings is 3. The van der Waals surface area contributed by atoms with Gasteiger partial charge in [-0.15, -0.1) is 0 Å². The first-order valence-corrected chi connectivity index (χ1v) is 9.23. The summed E-state index contributed by atoms with van der Waals surface area (Å²) in [4.78, 5) is 4.95. The second-order valence-electron chi connectivity index (χ2n) is 7.22. The fourth-order valence-electron chi connectivity index (χ4n) is 3.46. The molecule has 4 aromatic rings. The third kappa shape index (κ3) is 3.03. The van der Waals surface area contributed by atoms with Crippen molar-refractivity contribution < 1.29 is 0 Å². The van der Waals surface area contributed by atoms with Gasteiger partial charge in [0.2, 0.25) is 0 Å². The summed E-state index contributed by atoms with van der Waals surface area (Å²) in [6, 6.07) is 25.8. The van der Waals surface area contributed by atoms with Gasteiger partial charge in [-0.3, -0.25) is 0 Å². The van der Waals surface area contributed by atoms with Gasteiger partial charge in [0.15, 0.2) is 0 Å². The van der Waals surface area contributed by atoms with Crippen molar-refractivity contribution in [3.63, 3.8) is 0 Å². The van der Waals surface area contributed by atoms with Crippen molar-refractivity contribution >= 4 is 11.0 Å². The summed E-state index contributed by atoms with van der Waals surface area (Å²) in [5.74, 6) is 1.60. The first-order valence-electron chi connectivity index (χ1n) is 9.23. The van der Waals surface area contributed by atoms with E-state index in [-0.39, 0.29) is 0 Å². The molecule has 0 radical (unpaired) electrons. The maximum atomic E-state index is 4.95. The van der Waals surface area contributed by atoms with Gasteiger partial charge >= 0.3 is 0 Å². The molecule has 0 aliphatic carbocycles. The first-order chi connectivity index (χ1) is 12.6. The van der Waals surface area contributed by atoms with Crippen molar-refractivity contribution in [3.8, 4) is 11.4 Å². The third-order valence-electron chi connectivity index (χ3n) is 5.03. The molecule has 26 heavy (non-hydrogen) atoms. The Hall–Kier alpha value is -2.87. The number of aromatic nitrogens is 2. The minimum absolute atomic E-state index is 0.556. The highest BCUT2D eigenvalue weighted by Crippen LogP contribution is 2.28. The van der Waals surface area contributed by atoms with Gasteiger partial charge in [-0.2, -0.15) is 0 Å². The van der Waals surface area contributed by atoms with Crippen molar-refractivity contribution in [2.75, 3.05) is 0 Å². The zero-order valence-electron chi connectivity index (χ0n) is 15.6. The van der Waals surface area contributed by atoms with Gasteiger partial charge in [0.05, 0.1) is 11.0 Å². The lowest BCUT2D eigenvalue weighted by atomic mass is 10.0. The molecular formula is C24H24N2. The number of aryl methyl sites for hydroxylation is 1. The summed E-state index contributed by atoms with van der Waals surface area (Å²) in [6.07, 6.45) is 0. The number of para-hydroxylation sites is 2. The van der Waals surface area contributed by atoms with E-state index in [1.54, 1.807) is 0 Å². The van der Waals surface area contributed by atoms with E-state index in [1.807, 2.05) is 0 Å². The molecule has 0 unspecified atom stereocenters. The molecule has 2 heteroatoms. The van der Waals surface area contributed by atoms with Gasteiger partial charge in [0.25, 0.3) is 0 Å². The Kier molecular flexibility index (Phi) is 4.34. The zero-order chi connectivity index (χ0) is 18.1. The molecule has 0 fully saturated rings. The topological polar surface area (TPSA) is 17.8 Å². The van der Waals surface area contributed by atoms with Gasteiger partial charge in [-0.05, 0) is 41.7 Å². The van der Waals surface area contributed by atoms with Crippen LogP contribution in [0.15, 0.2) is 72.8 Å². The highest BCUT2D eigenvalue weighted by atomic mass is 15.1. The molecule has 0 amide bonds. The van der Waals surface area contributed by atoms with Crippen LogP contribution in [0.25, 0.3) is 22.4 Å². The summed E-state index contributed by atoms with van der Waals surface area (Å²) in [5.41, 5.74) is 7.35. The number of hydrogen-bond acceptors (Lipinski definition) is 1. The Bertz CT molecular complexity index is 1040. The Labute approximate surface area is 155 Å². The van der Waals surface area contributed by atoms with Crippen molar-refractivity contribution in [1.82, 2.24) is 9.55 Å². The van der Waals surface area contributed by atoms with Crippen LogP contribution >= 0.6 is 0 Å². The summed E-state index contributed by atoms with van der Waals surface area (Å²) in [5, 5.41) is 0. The molecule has 0 saturated carbocycles. The predicted octanol–water partition coefficient (Wildman–Crippen LogP) is 6.18. The van der Waals surface area contributed by atoms with Crippen LogP contribution in [-0.4, -0.2) is 9.55 Å². The maximum absolute atomic E-state index is 4.95. The largest absolute Gasteiger partial charge is 0.319 e. The van der Waals surface area contributed by atoms with E-state index >= 15 is 0 Å². The van der Waals surface area contributed by atoms with Gasteiger partial charge in [-0.25, -0.2) is 4.98 Å². The fraction of sp³-hybridized carbons (Fsp3) is 0.208. The molecule has 0 N–H and O–H groups in total. The molecule has 4 rings (SSSR count). The minimum atomic E-state index is 0.556. The molecule has 0 aliphatic rings. The van der Waals surface area contributed by atoms with Crippen molar-refractivity contribution in [2.45, 2.75) is 33.2 Å². The number of imidazole rings is 1. The fourth-order valence-corrected chi connectivity index (χ4v) is 3.46. The van der Waals surface area contributed by atoms with Crippen molar-refractivity contribution in [3.05, 3.63) is 89.5 Å². The third-order valence-corrected chi connectivity index (χ3v) is 5.03. The Balaban J connectivity index is 1.83. The van der Waals surface area contributed by atoms with E-state index < -0.39 is 0 Å². The van der Waals surface area contributed by atoms with Crippen molar-refractivity contribution in [1.29, 1.82) is 0 Å². The predicted molar refractivity (Wildman–Crippen MR) is 110 cm³/mol. The van der Waals surface area contributed by atoms with E-state index in [2.05, 4.69) is 98.1 Å². The van der Waals surface area contributed by atoms with E-state index in [9.17, 15) is 0 Å². The molecule has 0 atom stereocenters. The normalized spacial score (nSPS) is 11.4. The first kappa shape index (κ1) is 16.6. The number of rotatable bonds is 4. The van der Waals surface area contributed by atoms with Crippen LogP contribution in [0.1, 0.15) is 36.5 Å². The summed E-state index contributed by atoms with van der Waals surface area (Å²) in [7, 11) is 0. The standard InChI is InChI=1S/C24H24N2/c1-17(2)20-14-12-19(13-15-20)16-26-23-11-7-6-10-22(23)25-24(26)21-9-5-4-8-18(21)3/h4-15,17H,16H2,1-3H3. The lowest BCUT2D eigenvalue weighted by molar-refractivity contribution is 0.826. The second-order valence-corrected chi connectivity index (χ2v) is 7.22. The summed E-state index contributed by atoms with van der Waals surface area (Å²) < 4.78 is 2.34. The maximum Gasteiger partial charge on any atom is 0.141 e. The quantitative estimate of drug-likeness (QED) is 0.433. The Morgan fingerprint density at radius 3 is 2.27 bits per heavy atom. The monoisotopic (exact) mass is 340 g/mol.